The van der Waals surface area contributed by atoms with Crippen molar-refractivity contribution >= 4 is 17.5 Å². The highest BCUT2D eigenvalue weighted by atomic mass is 35.5. The molecule has 0 bridgehead atoms. The summed E-state index contributed by atoms with van der Waals surface area (Å²) >= 11 is 5.88. The molecule has 22 heavy (non-hydrogen) atoms. The zero-order valence-corrected chi connectivity index (χ0v) is 13.1. The lowest BCUT2D eigenvalue weighted by atomic mass is 9.99. The number of nitrogens with one attached hydrogen (secondary N) is 1. The van der Waals surface area contributed by atoms with Gasteiger partial charge in [0.25, 0.3) is 0 Å². The minimum Gasteiger partial charge on any atom is -0.383 e. The average Bonchev–Trinajstić information content (AvgIpc) is 2.88. The van der Waals surface area contributed by atoms with Crippen LogP contribution in [0.25, 0.3) is 0 Å². The van der Waals surface area contributed by atoms with Crippen molar-refractivity contribution in [3.05, 3.63) is 52.6 Å². The molecule has 0 radical (unpaired) electrons. The summed E-state index contributed by atoms with van der Waals surface area (Å²) in [7, 11) is 1.73. The van der Waals surface area contributed by atoms with Gasteiger partial charge in [0.2, 0.25) is 5.91 Å². The van der Waals surface area contributed by atoms with E-state index in [1.54, 1.807) is 24.9 Å². The van der Waals surface area contributed by atoms with Crippen molar-refractivity contribution in [2.45, 2.75) is 18.9 Å². The normalized spacial score (nSPS) is 13.7. The lowest BCUT2D eigenvalue weighted by molar-refractivity contribution is -0.121. The molecule has 1 heterocycles. The highest BCUT2D eigenvalue weighted by molar-refractivity contribution is 6.31. The van der Waals surface area contributed by atoms with Crippen LogP contribution in [0.15, 0.2) is 30.6 Å². The summed E-state index contributed by atoms with van der Waals surface area (Å²) in [5.41, 5.74) is -0.537. The van der Waals surface area contributed by atoms with Crippen LogP contribution in [0.2, 0.25) is 5.02 Å². The first kappa shape index (κ1) is 16.5. The Morgan fingerprint density at radius 1 is 1.55 bits per heavy atom. The van der Waals surface area contributed by atoms with Gasteiger partial charge in [-0.2, -0.15) is 5.10 Å². The molecule has 0 saturated heterocycles. The molecule has 1 atom stereocenters. The van der Waals surface area contributed by atoms with Crippen molar-refractivity contribution in [2.24, 2.45) is 7.05 Å². The lowest BCUT2D eigenvalue weighted by Crippen LogP contribution is -2.39. The van der Waals surface area contributed by atoms with Gasteiger partial charge in [0.05, 0.1) is 19.2 Å². The van der Waals surface area contributed by atoms with Crippen LogP contribution < -0.4 is 5.32 Å². The van der Waals surface area contributed by atoms with Crippen LogP contribution in [0.1, 0.15) is 18.1 Å². The maximum atomic E-state index is 13.6. The number of carbonyl (C=O) groups excluding carboxylic acids is 1. The fourth-order valence-electron chi connectivity index (χ4n) is 2.00. The molecular formula is C15H17ClFN3O2. The number of aryl methyl sites for hydroxylation is 1. The summed E-state index contributed by atoms with van der Waals surface area (Å²) in [6.45, 7) is 1.56. The number of aromatic nitrogens is 2. The predicted molar refractivity (Wildman–Crippen MR) is 80.9 cm³/mol. The van der Waals surface area contributed by atoms with Gasteiger partial charge in [-0.1, -0.05) is 17.7 Å². The molecule has 5 nitrogen and oxygen atoms in total. The minimum absolute atomic E-state index is 0.0103. The fraction of sp³-hybridized carbons (Fsp3) is 0.333. The summed E-state index contributed by atoms with van der Waals surface area (Å²) in [6.07, 6.45) is 3.01. The largest absolute Gasteiger partial charge is 0.383 e. The summed E-state index contributed by atoms with van der Waals surface area (Å²) in [5.74, 6) is -0.946. The van der Waals surface area contributed by atoms with Gasteiger partial charge in [0.15, 0.2) is 0 Å². The molecule has 0 aliphatic rings. The lowest BCUT2D eigenvalue weighted by Gasteiger charge is -2.22. The minimum atomic E-state index is -1.26. The summed E-state index contributed by atoms with van der Waals surface area (Å²) in [4.78, 5) is 11.9. The van der Waals surface area contributed by atoms with Gasteiger partial charge in [-0.05, 0) is 19.1 Å². The Morgan fingerprint density at radius 3 is 2.86 bits per heavy atom. The molecule has 0 saturated carbocycles. The van der Waals surface area contributed by atoms with Gasteiger partial charge in [0, 0.05) is 29.4 Å². The maximum Gasteiger partial charge on any atom is 0.224 e. The van der Waals surface area contributed by atoms with Crippen molar-refractivity contribution in [1.82, 2.24) is 15.1 Å². The third-order valence-electron chi connectivity index (χ3n) is 3.36. The first-order chi connectivity index (χ1) is 10.3. The van der Waals surface area contributed by atoms with E-state index in [2.05, 4.69) is 10.4 Å². The topological polar surface area (TPSA) is 67.2 Å². The van der Waals surface area contributed by atoms with E-state index in [0.29, 0.717) is 5.56 Å². The molecule has 0 spiro atoms. The van der Waals surface area contributed by atoms with Gasteiger partial charge in [-0.3, -0.25) is 9.48 Å². The van der Waals surface area contributed by atoms with E-state index in [-0.39, 0.29) is 23.6 Å². The summed E-state index contributed by atoms with van der Waals surface area (Å²) < 4.78 is 15.2. The van der Waals surface area contributed by atoms with Crippen LogP contribution in [0.5, 0.6) is 0 Å². The van der Waals surface area contributed by atoms with Gasteiger partial charge in [-0.25, -0.2) is 4.39 Å². The maximum absolute atomic E-state index is 13.6. The molecule has 2 N–H and O–H groups in total. The third-order valence-corrected chi connectivity index (χ3v) is 3.71. The molecule has 0 aliphatic carbocycles. The second-order valence-corrected chi connectivity index (χ2v) is 5.74. The molecule has 2 aromatic rings. The Hall–Kier alpha value is -1.92. The van der Waals surface area contributed by atoms with E-state index in [0.717, 1.165) is 0 Å². The number of carbonyl (C=O) groups is 1. The van der Waals surface area contributed by atoms with Crippen LogP contribution in [-0.2, 0) is 23.9 Å². The van der Waals surface area contributed by atoms with Crippen molar-refractivity contribution in [2.75, 3.05) is 6.54 Å². The van der Waals surface area contributed by atoms with Crippen molar-refractivity contribution in [1.29, 1.82) is 0 Å². The zero-order chi connectivity index (χ0) is 16.3. The smallest absolute Gasteiger partial charge is 0.224 e. The number of benzene rings is 1. The molecular weight excluding hydrogens is 309 g/mol. The van der Waals surface area contributed by atoms with E-state index < -0.39 is 17.3 Å². The summed E-state index contributed by atoms with van der Waals surface area (Å²) in [6, 6.07) is 4.26. The van der Waals surface area contributed by atoms with Crippen molar-refractivity contribution in [3.63, 3.8) is 0 Å². The Labute approximate surface area is 132 Å². The number of hydrogen-bond donors (Lipinski definition) is 2. The quantitative estimate of drug-likeness (QED) is 0.880. The van der Waals surface area contributed by atoms with Gasteiger partial charge >= 0.3 is 0 Å². The second-order valence-electron chi connectivity index (χ2n) is 5.33. The monoisotopic (exact) mass is 325 g/mol. The van der Waals surface area contributed by atoms with Crippen molar-refractivity contribution < 1.29 is 14.3 Å². The molecule has 2 rings (SSSR count). The SMILES string of the molecule is Cn1cc(C(C)(O)CNC(=O)Cc2c(F)cccc2Cl)cn1. The standard InChI is InChI=1S/C15H17ClFN3O2/c1-15(22,10-7-19-20(2)8-10)9-18-14(21)6-11-12(16)4-3-5-13(11)17/h3-5,7-8,22H,6,9H2,1-2H3,(H,18,21). The molecule has 1 aromatic heterocycles. The van der Waals surface area contributed by atoms with Crippen LogP contribution in [0.4, 0.5) is 4.39 Å². The first-order valence-corrected chi connectivity index (χ1v) is 7.08. The Bertz CT molecular complexity index is 665. The Morgan fingerprint density at radius 2 is 2.27 bits per heavy atom. The second kappa shape index (κ2) is 6.46. The molecule has 1 aromatic carbocycles. The zero-order valence-electron chi connectivity index (χ0n) is 12.3. The average molecular weight is 326 g/mol. The molecule has 0 aliphatic heterocycles. The van der Waals surface area contributed by atoms with Gasteiger partial charge in [0.1, 0.15) is 11.4 Å². The van der Waals surface area contributed by atoms with E-state index in [1.807, 2.05) is 0 Å². The predicted octanol–water partition coefficient (Wildman–Crippen LogP) is 1.78. The van der Waals surface area contributed by atoms with E-state index >= 15 is 0 Å². The number of rotatable bonds is 5. The Kier molecular flexibility index (Phi) is 4.83. The van der Waals surface area contributed by atoms with E-state index in [9.17, 15) is 14.3 Å². The number of halogens is 2. The molecule has 118 valence electrons. The Balaban J connectivity index is 1.98. The van der Waals surface area contributed by atoms with Crippen LogP contribution in [0, 0.1) is 5.82 Å². The molecule has 1 amide bonds. The van der Waals surface area contributed by atoms with E-state index in [1.165, 1.54) is 24.4 Å². The van der Waals surface area contributed by atoms with Gasteiger partial charge in [-0.15, -0.1) is 0 Å². The van der Waals surface area contributed by atoms with Crippen LogP contribution in [-0.4, -0.2) is 27.3 Å². The number of amides is 1. The third kappa shape index (κ3) is 3.84. The summed E-state index contributed by atoms with van der Waals surface area (Å²) in [5, 5.41) is 17.1. The molecule has 7 heteroatoms. The fourth-order valence-corrected chi connectivity index (χ4v) is 2.23. The number of aliphatic hydroxyl groups is 1. The molecule has 1 unspecified atom stereocenters. The van der Waals surface area contributed by atoms with E-state index in [4.69, 9.17) is 11.6 Å². The first-order valence-electron chi connectivity index (χ1n) is 6.70. The van der Waals surface area contributed by atoms with Crippen molar-refractivity contribution in [3.8, 4) is 0 Å². The number of nitrogens with zero attached hydrogens (tertiary/aromatic N) is 2. The highest BCUT2D eigenvalue weighted by Crippen LogP contribution is 2.20. The van der Waals surface area contributed by atoms with Crippen LogP contribution in [0.3, 0.4) is 0 Å². The number of hydrogen-bond acceptors (Lipinski definition) is 3. The van der Waals surface area contributed by atoms with Crippen LogP contribution >= 0.6 is 11.6 Å². The highest BCUT2D eigenvalue weighted by Gasteiger charge is 2.25. The molecule has 0 fully saturated rings. The van der Waals surface area contributed by atoms with Gasteiger partial charge < -0.3 is 10.4 Å².